The Morgan fingerprint density at radius 3 is 2.61 bits per heavy atom. The van der Waals surface area contributed by atoms with Crippen molar-refractivity contribution in [2.75, 3.05) is 44.6 Å². The number of rotatable bonds is 9. The van der Waals surface area contributed by atoms with Crippen molar-refractivity contribution in [3.63, 3.8) is 0 Å². The zero-order valence-corrected chi connectivity index (χ0v) is 20.4. The molecule has 3 amide bonds. The smallest absolute Gasteiger partial charge is 0.321 e. The monoisotopic (exact) mass is 470 g/mol. The van der Waals surface area contributed by atoms with Crippen LogP contribution in [0.25, 0.3) is 0 Å². The minimum atomic E-state index is -0.107. The van der Waals surface area contributed by atoms with Crippen molar-refractivity contribution in [2.24, 2.45) is 0 Å². The van der Waals surface area contributed by atoms with Crippen LogP contribution in [0.3, 0.4) is 0 Å². The molecule has 33 heavy (non-hydrogen) atoms. The first-order chi connectivity index (χ1) is 16.0. The Kier molecular flexibility index (Phi) is 9.58. The van der Waals surface area contributed by atoms with E-state index in [-0.39, 0.29) is 17.9 Å². The Labute approximate surface area is 202 Å². The van der Waals surface area contributed by atoms with Crippen molar-refractivity contribution < 1.29 is 9.59 Å². The topological polar surface area (TPSA) is 64.7 Å². The van der Waals surface area contributed by atoms with E-state index in [1.165, 1.54) is 0 Å². The molecule has 1 fully saturated rings. The van der Waals surface area contributed by atoms with Crippen LogP contribution >= 0.6 is 11.6 Å². The molecule has 1 aliphatic rings. The van der Waals surface area contributed by atoms with E-state index in [1.807, 2.05) is 23.1 Å². The van der Waals surface area contributed by atoms with Gasteiger partial charge in [0.05, 0.1) is 0 Å². The van der Waals surface area contributed by atoms with E-state index in [1.54, 1.807) is 24.3 Å². The molecule has 0 radical (unpaired) electrons. The van der Waals surface area contributed by atoms with Crippen LogP contribution in [0, 0.1) is 0 Å². The van der Waals surface area contributed by atoms with E-state index in [2.05, 4.69) is 35.4 Å². The molecule has 3 rings (SSSR count). The molecule has 0 spiro atoms. The Hall–Kier alpha value is -2.57. The average Bonchev–Trinajstić information content (AvgIpc) is 2.85. The quantitative estimate of drug-likeness (QED) is 0.494. The Morgan fingerprint density at radius 1 is 1.12 bits per heavy atom. The number of carbonyl (C=O) groups is 2. The molecule has 1 aliphatic heterocycles. The van der Waals surface area contributed by atoms with Crippen molar-refractivity contribution in [3.8, 4) is 0 Å². The number of hydrogen-bond acceptors (Lipinski definition) is 3. The average molecular weight is 471 g/mol. The maximum atomic E-state index is 12.8. The lowest BCUT2D eigenvalue weighted by molar-refractivity contribution is 0.0951. The number of hydrogen-bond donors (Lipinski definition) is 2. The maximum Gasteiger partial charge on any atom is 0.321 e. The van der Waals surface area contributed by atoms with Crippen LogP contribution in [0.4, 0.5) is 10.5 Å². The molecule has 0 saturated carbocycles. The van der Waals surface area contributed by atoms with Gasteiger partial charge < -0.3 is 20.4 Å². The highest BCUT2D eigenvalue weighted by Gasteiger charge is 2.25. The summed E-state index contributed by atoms with van der Waals surface area (Å²) in [5, 5.41) is 6.63. The molecule has 2 aromatic rings. The van der Waals surface area contributed by atoms with Crippen LogP contribution in [0.1, 0.15) is 54.9 Å². The van der Waals surface area contributed by atoms with Gasteiger partial charge in [-0.1, -0.05) is 37.6 Å². The summed E-state index contributed by atoms with van der Waals surface area (Å²) in [6.07, 6.45) is 2.87. The van der Waals surface area contributed by atoms with Crippen molar-refractivity contribution in [1.29, 1.82) is 0 Å². The van der Waals surface area contributed by atoms with Gasteiger partial charge in [-0.25, -0.2) is 4.79 Å². The van der Waals surface area contributed by atoms with Crippen molar-refractivity contribution in [3.05, 3.63) is 64.7 Å². The number of urea groups is 1. The van der Waals surface area contributed by atoms with Gasteiger partial charge in [-0.3, -0.25) is 4.79 Å². The van der Waals surface area contributed by atoms with Crippen LogP contribution < -0.4 is 10.6 Å². The molecule has 0 unspecified atom stereocenters. The standard InChI is InChI=1S/C26H35ClN4O2/c1-3-30(4-2)16-7-15-28-25(32)21-9-5-8-20(18-21)22-10-6-17-31(19-22)26(33)29-24-13-11-23(27)12-14-24/h5,8-9,11-14,18,22H,3-4,6-7,10,15-17,19H2,1-2H3,(H,28,32)(H,29,33)/t22-/m1/s1. The highest BCUT2D eigenvalue weighted by molar-refractivity contribution is 6.30. The summed E-state index contributed by atoms with van der Waals surface area (Å²) in [5.74, 6) is 0.176. The fraction of sp³-hybridized carbons (Fsp3) is 0.462. The molecule has 1 atom stereocenters. The second-order valence-electron chi connectivity index (χ2n) is 8.48. The number of piperidine rings is 1. The summed E-state index contributed by atoms with van der Waals surface area (Å²) < 4.78 is 0. The van der Waals surface area contributed by atoms with Crippen LogP contribution in [-0.4, -0.2) is 61.0 Å². The van der Waals surface area contributed by atoms with E-state index in [0.29, 0.717) is 23.7 Å². The van der Waals surface area contributed by atoms with Gasteiger partial charge in [0.2, 0.25) is 0 Å². The van der Waals surface area contributed by atoms with Gasteiger partial charge in [0, 0.05) is 41.8 Å². The van der Waals surface area contributed by atoms with Gasteiger partial charge in [-0.15, -0.1) is 0 Å². The Balaban J connectivity index is 1.54. The summed E-state index contributed by atoms with van der Waals surface area (Å²) in [4.78, 5) is 29.6. The third kappa shape index (κ3) is 7.47. The highest BCUT2D eigenvalue weighted by atomic mass is 35.5. The molecule has 7 heteroatoms. The molecule has 2 aromatic carbocycles. The van der Waals surface area contributed by atoms with Crippen LogP contribution in [0.2, 0.25) is 5.02 Å². The lowest BCUT2D eigenvalue weighted by Crippen LogP contribution is -2.41. The van der Waals surface area contributed by atoms with E-state index >= 15 is 0 Å². The van der Waals surface area contributed by atoms with E-state index in [0.717, 1.165) is 56.7 Å². The van der Waals surface area contributed by atoms with E-state index in [9.17, 15) is 9.59 Å². The lowest BCUT2D eigenvalue weighted by atomic mass is 9.89. The van der Waals surface area contributed by atoms with Crippen LogP contribution in [-0.2, 0) is 0 Å². The van der Waals surface area contributed by atoms with Crippen molar-refractivity contribution in [2.45, 2.75) is 39.0 Å². The predicted molar refractivity (Wildman–Crippen MR) is 135 cm³/mol. The largest absolute Gasteiger partial charge is 0.352 e. The fourth-order valence-electron chi connectivity index (χ4n) is 4.25. The van der Waals surface area contributed by atoms with Crippen molar-refractivity contribution in [1.82, 2.24) is 15.1 Å². The third-order valence-electron chi connectivity index (χ3n) is 6.26. The predicted octanol–water partition coefficient (Wildman–Crippen LogP) is 5.21. The van der Waals surface area contributed by atoms with Gasteiger partial charge in [0.1, 0.15) is 0 Å². The number of nitrogens with zero attached hydrogens (tertiary/aromatic N) is 2. The molecule has 0 aliphatic carbocycles. The normalized spacial score (nSPS) is 16.0. The second kappa shape index (κ2) is 12.6. The molecule has 2 N–H and O–H groups in total. The third-order valence-corrected chi connectivity index (χ3v) is 6.51. The SMILES string of the molecule is CCN(CC)CCCNC(=O)c1cccc([C@@H]2CCCN(C(=O)Nc3ccc(Cl)cc3)C2)c1. The summed E-state index contributed by atoms with van der Waals surface area (Å²) in [7, 11) is 0. The number of halogens is 1. The Bertz CT molecular complexity index is 915. The number of benzene rings is 2. The lowest BCUT2D eigenvalue weighted by Gasteiger charge is -2.33. The van der Waals surface area contributed by atoms with Gasteiger partial charge in [0.15, 0.2) is 0 Å². The van der Waals surface area contributed by atoms with Crippen LogP contribution in [0.15, 0.2) is 48.5 Å². The van der Waals surface area contributed by atoms with Gasteiger partial charge in [-0.2, -0.15) is 0 Å². The number of anilines is 1. The summed E-state index contributed by atoms with van der Waals surface area (Å²) >= 11 is 5.93. The van der Waals surface area contributed by atoms with Crippen molar-refractivity contribution >= 4 is 29.2 Å². The molecule has 6 nitrogen and oxygen atoms in total. The molecular weight excluding hydrogens is 436 g/mol. The Morgan fingerprint density at radius 2 is 1.88 bits per heavy atom. The highest BCUT2D eigenvalue weighted by Crippen LogP contribution is 2.28. The molecule has 1 saturated heterocycles. The summed E-state index contributed by atoms with van der Waals surface area (Å²) in [6.45, 7) is 9.38. The molecule has 0 bridgehead atoms. The summed E-state index contributed by atoms with van der Waals surface area (Å²) in [5.41, 5.74) is 2.51. The number of carbonyl (C=O) groups excluding carboxylic acids is 2. The first-order valence-electron chi connectivity index (χ1n) is 11.9. The number of amides is 3. The first kappa shape index (κ1) is 25.1. The van der Waals surface area contributed by atoms with Gasteiger partial charge >= 0.3 is 6.03 Å². The number of likely N-dealkylation sites (tertiary alicyclic amines) is 1. The van der Waals surface area contributed by atoms with Crippen LogP contribution in [0.5, 0.6) is 0 Å². The molecule has 178 valence electrons. The van der Waals surface area contributed by atoms with E-state index in [4.69, 9.17) is 11.6 Å². The zero-order valence-electron chi connectivity index (χ0n) is 19.6. The van der Waals surface area contributed by atoms with Gasteiger partial charge in [0.25, 0.3) is 5.91 Å². The molecule has 0 aromatic heterocycles. The van der Waals surface area contributed by atoms with Gasteiger partial charge in [-0.05, 0) is 80.9 Å². The minimum Gasteiger partial charge on any atom is -0.352 e. The maximum absolute atomic E-state index is 12.8. The second-order valence-corrected chi connectivity index (χ2v) is 8.92. The fourth-order valence-corrected chi connectivity index (χ4v) is 4.38. The summed E-state index contributed by atoms with van der Waals surface area (Å²) in [6, 6.07) is 14.8. The zero-order chi connectivity index (χ0) is 23.6. The van der Waals surface area contributed by atoms with E-state index < -0.39 is 0 Å². The minimum absolute atomic E-state index is 0.0375. The molecular formula is C26H35ClN4O2. The first-order valence-corrected chi connectivity index (χ1v) is 12.3. The molecule has 1 heterocycles. The number of nitrogens with one attached hydrogen (secondary N) is 2.